The summed E-state index contributed by atoms with van der Waals surface area (Å²) in [5.74, 6) is 0.979. The molecule has 37 heavy (non-hydrogen) atoms. The van der Waals surface area contributed by atoms with Gasteiger partial charge < -0.3 is 4.57 Å². The zero-order valence-corrected chi connectivity index (χ0v) is 20.1. The molecule has 0 N–H and O–H groups in total. The highest BCUT2D eigenvalue weighted by Gasteiger charge is 2.18. The summed E-state index contributed by atoms with van der Waals surface area (Å²) < 4.78 is 2.23. The van der Waals surface area contributed by atoms with Crippen molar-refractivity contribution < 1.29 is 0 Å². The first kappa shape index (κ1) is 22.1. The van der Waals surface area contributed by atoms with Gasteiger partial charge in [-0.25, -0.2) is 19.9 Å². The lowest BCUT2D eigenvalue weighted by Gasteiger charge is -2.14. The molecule has 0 bridgehead atoms. The lowest BCUT2D eigenvalue weighted by Crippen LogP contribution is -2.01. The Morgan fingerprint density at radius 1 is 0.622 bits per heavy atom. The minimum absolute atomic E-state index is 0.389. The van der Waals surface area contributed by atoms with E-state index in [1.807, 2.05) is 24.3 Å². The number of benzene rings is 3. The van der Waals surface area contributed by atoms with Crippen LogP contribution in [0.2, 0.25) is 0 Å². The third-order valence-electron chi connectivity index (χ3n) is 6.37. The van der Waals surface area contributed by atoms with Crippen LogP contribution in [0, 0.1) is 36.5 Å². The van der Waals surface area contributed by atoms with Crippen LogP contribution < -0.4 is 0 Å². The molecule has 0 saturated carbocycles. The summed E-state index contributed by atoms with van der Waals surface area (Å²) >= 11 is 0. The fourth-order valence-electron chi connectivity index (χ4n) is 4.62. The molecule has 0 fully saturated rings. The van der Waals surface area contributed by atoms with Crippen LogP contribution >= 0.6 is 0 Å². The summed E-state index contributed by atoms with van der Waals surface area (Å²) in [6, 6.07) is 23.0. The maximum Gasteiger partial charge on any atom is 0.161 e. The Labute approximate surface area is 213 Å². The molecule has 0 aliphatic rings. The van der Waals surface area contributed by atoms with Crippen molar-refractivity contribution in [3.8, 4) is 40.6 Å². The van der Waals surface area contributed by atoms with Gasteiger partial charge in [0.2, 0.25) is 0 Å². The van der Waals surface area contributed by atoms with E-state index in [9.17, 15) is 5.26 Å². The lowest BCUT2D eigenvalue weighted by atomic mass is 10.1. The summed E-state index contributed by atoms with van der Waals surface area (Å²) in [4.78, 5) is 17.8. The number of rotatable bonds is 3. The SMILES string of the molecule is Cc1ccc2c(c1)c1cc(C)ccc1n2-c1ccc(-c2ncc(C#N)cn2)cc1-c1ncc(C#N)cn1. The molecule has 0 amide bonds. The van der Waals surface area contributed by atoms with Crippen LogP contribution in [0.15, 0.2) is 79.4 Å². The van der Waals surface area contributed by atoms with Gasteiger partial charge in [0, 0.05) is 46.7 Å². The van der Waals surface area contributed by atoms with Gasteiger partial charge in [-0.1, -0.05) is 23.3 Å². The normalized spacial score (nSPS) is 10.9. The molecule has 0 saturated heterocycles. The number of nitriles is 2. The second-order valence-electron chi connectivity index (χ2n) is 8.92. The van der Waals surface area contributed by atoms with Gasteiger partial charge in [-0.2, -0.15) is 10.5 Å². The number of aryl methyl sites for hydroxylation is 2. The van der Waals surface area contributed by atoms with E-state index >= 15 is 0 Å². The predicted octanol–water partition coefficient (Wildman–Crippen LogP) is 6.06. The zero-order chi connectivity index (χ0) is 25.5. The van der Waals surface area contributed by atoms with Crippen LogP contribution in [-0.4, -0.2) is 24.5 Å². The molecule has 6 aromatic rings. The van der Waals surface area contributed by atoms with Gasteiger partial charge in [-0.3, -0.25) is 0 Å². The zero-order valence-electron chi connectivity index (χ0n) is 20.1. The molecule has 174 valence electrons. The highest BCUT2D eigenvalue weighted by Crippen LogP contribution is 2.37. The van der Waals surface area contributed by atoms with Crippen molar-refractivity contribution in [1.29, 1.82) is 10.5 Å². The Morgan fingerprint density at radius 2 is 1.14 bits per heavy atom. The third kappa shape index (κ3) is 3.76. The average molecular weight is 478 g/mol. The van der Waals surface area contributed by atoms with Crippen LogP contribution in [0.1, 0.15) is 22.3 Å². The summed E-state index contributed by atoms with van der Waals surface area (Å²) in [7, 11) is 0. The van der Waals surface area contributed by atoms with Gasteiger partial charge in [-0.15, -0.1) is 0 Å². The molecule has 0 radical (unpaired) electrons. The third-order valence-corrected chi connectivity index (χ3v) is 6.37. The first-order valence-corrected chi connectivity index (χ1v) is 11.7. The Bertz CT molecular complexity index is 1840. The number of hydrogen-bond donors (Lipinski definition) is 0. The van der Waals surface area contributed by atoms with Crippen molar-refractivity contribution in [3.63, 3.8) is 0 Å². The van der Waals surface area contributed by atoms with E-state index in [1.54, 1.807) is 0 Å². The van der Waals surface area contributed by atoms with Crippen molar-refractivity contribution in [2.24, 2.45) is 0 Å². The van der Waals surface area contributed by atoms with Crippen LogP contribution in [0.25, 0.3) is 50.3 Å². The molecule has 7 heteroatoms. The number of nitrogens with zero attached hydrogens (tertiary/aromatic N) is 7. The number of aromatic nitrogens is 5. The molecule has 0 aliphatic carbocycles. The summed E-state index contributed by atoms with van der Waals surface area (Å²) in [6.07, 6.45) is 6.06. The monoisotopic (exact) mass is 477 g/mol. The molecular weight excluding hydrogens is 458 g/mol. The van der Waals surface area contributed by atoms with Crippen LogP contribution in [-0.2, 0) is 0 Å². The van der Waals surface area contributed by atoms with Gasteiger partial charge in [-0.05, 0) is 56.3 Å². The summed E-state index contributed by atoms with van der Waals surface area (Å²) in [5.41, 5.74) is 7.75. The first-order chi connectivity index (χ1) is 18.1. The summed E-state index contributed by atoms with van der Waals surface area (Å²) in [5, 5.41) is 20.7. The fraction of sp³-hybridized carbons (Fsp3) is 0.0667. The largest absolute Gasteiger partial charge is 0.309 e. The number of fused-ring (bicyclic) bond motifs is 3. The fourth-order valence-corrected chi connectivity index (χ4v) is 4.62. The van der Waals surface area contributed by atoms with Gasteiger partial charge in [0.1, 0.15) is 12.1 Å². The van der Waals surface area contributed by atoms with E-state index < -0.39 is 0 Å². The Kier molecular flexibility index (Phi) is 5.18. The van der Waals surface area contributed by atoms with E-state index in [0.29, 0.717) is 22.8 Å². The van der Waals surface area contributed by atoms with Crippen molar-refractivity contribution in [2.45, 2.75) is 13.8 Å². The molecule has 7 nitrogen and oxygen atoms in total. The smallest absolute Gasteiger partial charge is 0.161 e. The first-order valence-electron chi connectivity index (χ1n) is 11.7. The molecule has 3 heterocycles. The van der Waals surface area contributed by atoms with E-state index in [-0.39, 0.29) is 0 Å². The molecular formula is C30H19N7. The maximum atomic E-state index is 9.25. The van der Waals surface area contributed by atoms with Crippen molar-refractivity contribution in [1.82, 2.24) is 24.5 Å². The standard InChI is InChI=1S/C30H19N7/c1-18-3-6-26-23(9-18)24-10-19(2)4-7-27(24)37(26)28-8-5-22(29-33-14-20(12-31)15-34-29)11-25(28)30-35-16-21(13-32)17-36-30/h3-11,14-17H,1-2H3. The average Bonchev–Trinajstić information content (AvgIpc) is 3.25. The minimum Gasteiger partial charge on any atom is -0.309 e. The van der Waals surface area contributed by atoms with Gasteiger partial charge in [0.05, 0.1) is 27.8 Å². The quantitative estimate of drug-likeness (QED) is 0.307. The van der Waals surface area contributed by atoms with Crippen molar-refractivity contribution in [2.75, 3.05) is 0 Å². The minimum atomic E-state index is 0.389. The highest BCUT2D eigenvalue weighted by atomic mass is 15.0. The van der Waals surface area contributed by atoms with E-state index in [2.05, 4.69) is 80.8 Å². The van der Waals surface area contributed by atoms with Crippen molar-refractivity contribution in [3.05, 3.63) is 102 Å². The molecule has 0 spiro atoms. The lowest BCUT2D eigenvalue weighted by molar-refractivity contribution is 1.12. The van der Waals surface area contributed by atoms with E-state index in [0.717, 1.165) is 27.8 Å². The van der Waals surface area contributed by atoms with E-state index in [1.165, 1.54) is 46.7 Å². The second-order valence-corrected chi connectivity index (χ2v) is 8.92. The number of hydrogen-bond acceptors (Lipinski definition) is 6. The van der Waals surface area contributed by atoms with Crippen LogP contribution in [0.5, 0.6) is 0 Å². The maximum absolute atomic E-state index is 9.25. The molecule has 0 aliphatic heterocycles. The Hall–Kier alpha value is -5.40. The van der Waals surface area contributed by atoms with Crippen LogP contribution in [0.3, 0.4) is 0 Å². The molecule has 0 atom stereocenters. The van der Waals surface area contributed by atoms with Gasteiger partial charge >= 0.3 is 0 Å². The Morgan fingerprint density at radius 3 is 1.65 bits per heavy atom. The van der Waals surface area contributed by atoms with Crippen molar-refractivity contribution >= 4 is 21.8 Å². The topological polar surface area (TPSA) is 104 Å². The predicted molar refractivity (Wildman–Crippen MR) is 142 cm³/mol. The van der Waals surface area contributed by atoms with Crippen LogP contribution in [0.4, 0.5) is 0 Å². The van der Waals surface area contributed by atoms with E-state index in [4.69, 9.17) is 5.26 Å². The molecule has 3 aromatic heterocycles. The summed E-state index contributed by atoms with van der Waals surface area (Å²) in [6.45, 7) is 4.20. The van der Waals surface area contributed by atoms with Gasteiger partial charge in [0.25, 0.3) is 0 Å². The molecule has 3 aromatic carbocycles. The Balaban J connectivity index is 1.66. The molecule has 6 rings (SSSR count). The molecule has 0 unspecified atom stereocenters. The van der Waals surface area contributed by atoms with Gasteiger partial charge in [0.15, 0.2) is 11.6 Å². The second kappa shape index (κ2) is 8.67. The highest BCUT2D eigenvalue weighted by molar-refractivity contribution is 6.10.